The van der Waals surface area contributed by atoms with Crippen molar-refractivity contribution in [1.29, 1.82) is 0 Å². The van der Waals surface area contributed by atoms with Gasteiger partial charge in [0.05, 0.1) is 12.7 Å². The maximum absolute atomic E-state index is 13.1. The van der Waals surface area contributed by atoms with Crippen molar-refractivity contribution in [3.05, 3.63) is 66.4 Å². The van der Waals surface area contributed by atoms with E-state index in [1.807, 2.05) is 24.3 Å². The molecule has 2 aromatic carbocycles. The van der Waals surface area contributed by atoms with Crippen molar-refractivity contribution in [3.8, 4) is 22.8 Å². The Morgan fingerprint density at radius 3 is 2.67 bits per heavy atom. The lowest BCUT2D eigenvalue weighted by atomic mass is 10.2. The highest BCUT2D eigenvalue weighted by molar-refractivity contribution is 5.55. The normalized spacial score (nSPS) is 15.9. The minimum atomic E-state index is -0.271. The highest BCUT2D eigenvalue weighted by atomic mass is 19.1. The third kappa shape index (κ3) is 4.11. The molecule has 1 aromatic heterocycles. The van der Waals surface area contributed by atoms with Gasteiger partial charge in [-0.1, -0.05) is 19.1 Å². The first-order chi connectivity index (χ1) is 13.2. The van der Waals surface area contributed by atoms with Crippen LogP contribution in [-0.4, -0.2) is 35.7 Å². The van der Waals surface area contributed by atoms with Crippen LogP contribution in [0.1, 0.15) is 12.8 Å². The van der Waals surface area contributed by atoms with Crippen molar-refractivity contribution in [1.82, 2.24) is 9.88 Å². The van der Waals surface area contributed by atoms with Crippen LogP contribution in [0.3, 0.4) is 0 Å². The Kier molecular flexibility index (Phi) is 5.07. The molecule has 1 aliphatic heterocycles. The lowest BCUT2D eigenvalue weighted by Crippen LogP contribution is -2.40. The quantitative estimate of drug-likeness (QED) is 0.654. The fraction of sp³-hybridized carbons (Fsp3) is 0.286. The van der Waals surface area contributed by atoms with Crippen molar-refractivity contribution in [2.75, 3.05) is 19.7 Å². The van der Waals surface area contributed by atoms with Crippen molar-refractivity contribution in [2.45, 2.75) is 19.6 Å². The summed E-state index contributed by atoms with van der Waals surface area (Å²) in [5.74, 6) is 2.54. The van der Waals surface area contributed by atoms with Crippen LogP contribution in [-0.2, 0) is 6.54 Å². The second-order valence-electron chi connectivity index (χ2n) is 6.45. The van der Waals surface area contributed by atoms with Crippen molar-refractivity contribution >= 4 is 0 Å². The van der Waals surface area contributed by atoms with Crippen molar-refractivity contribution in [2.24, 2.45) is 0 Å². The minimum Gasteiger partial charge on any atom is -0.486 e. The lowest BCUT2D eigenvalue weighted by molar-refractivity contribution is 0.0558. The molecule has 0 fully saturated rings. The zero-order valence-corrected chi connectivity index (χ0v) is 15.1. The Balaban J connectivity index is 1.39. The highest BCUT2D eigenvalue weighted by Crippen LogP contribution is 2.31. The number of hydrogen-bond donors (Lipinski definition) is 0. The predicted octanol–water partition coefficient (Wildman–Crippen LogP) is 4.14. The number of likely N-dealkylation sites (N-methyl/N-ethyl adjacent to an activating group) is 1. The Labute approximate surface area is 157 Å². The molecule has 0 amide bonds. The van der Waals surface area contributed by atoms with Crippen LogP contribution in [0, 0.1) is 5.82 Å². The van der Waals surface area contributed by atoms with E-state index in [1.165, 1.54) is 12.1 Å². The molecule has 0 spiro atoms. The SMILES string of the molecule is CCN(Cc1ncc(-c2ccc(F)cc2)o1)C[C@H]1COc2ccccc2O1. The number of halogens is 1. The van der Waals surface area contributed by atoms with Gasteiger partial charge in [-0.05, 0) is 42.9 Å². The summed E-state index contributed by atoms with van der Waals surface area (Å²) in [4.78, 5) is 6.55. The molecule has 27 heavy (non-hydrogen) atoms. The van der Waals surface area contributed by atoms with Gasteiger partial charge in [-0.15, -0.1) is 0 Å². The monoisotopic (exact) mass is 368 g/mol. The van der Waals surface area contributed by atoms with Crippen molar-refractivity contribution < 1.29 is 18.3 Å². The molecule has 3 aromatic rings. The van der Waals surface area contributed by atoms with E-state index >= 15 is 0 Å². The molecule has 0 N–H and O–H groups in total. The molecule has 0 saturated heterocycles. The van der Waals surface area contributed by atoms with E-state index in [0.717, 1.165) is 23.6 Å². The van der Waals surface area contributed by atoms with Crippen LogP contribution in [0.2, 0.25) is 0 Å². The summed E-state index contributed by atoms with van der Waals surface area (Å²) in [6, 6.07) is 13.9. The number of nitrogens with zero attached hydrogens (tertiary/aromatic N) is 2. The first-order valence-corrected chi connectivity index (χ1v) is 9.02. The van der Waals surface area contributed by atoms with Crippen LogP contribution in [0.4, 0.5) is 4.39 Å². The molecule has 140 valence electrons. The largest absolute Gasteiger partial charge is 0.486 e. The molecule has 6 heteroatoms. The Morgan fingerprint density at radius 1 is 1.11 bits per heavy atom. The van der Waals surface area contributed by atoms with Gasteiger partial charge in [0, 0.05) is 12.1 Å². The van der Waals surface area contributed by atoms with Gasteiger partial charge in [0.2, 0.25) is 5.89 Å². The van der Waals surface area contributed by atoms with Gasteiger partial charge in [0.15, 0.2) is 17.3 Å². The second kappa shape index (κ2) is 7.80. The van der Waals surface area contributed by atoms with E-state index in [2.05, 4.69) is 16.8 Å². The van der Waals surface area contributed by atoms with E-state index in [-0.39, 0.29) is 11.9 Å². The number of para-hydroxylation sites is 2. The average molecular weight is 368 g/mol. The van der Waals surface area contributed by atoms with E-state index in [0.29, 0.717) is 31.3 Å². The third-order valence-electron chi connectivity index (χ3n) is 4.52. The number of oxazole rings is 1. The summed E-state index contributed by atoms with van der Waals surface area (Å²) in [5, 5.41) is 0. The Hall–Kier alpha value is -2.86. The zero-order valence-electron chi connectivity index (χ0n) is 15.1. The molecule has 0 aliphatic carbocycles. The summed E-state index contributed by atoms with van der Waals surface area (Å²) >= 11 is 0. The molecule has 0 radical (unpaired) electrons. The average Bonchev–Trinajstić information content (AvgIpc) is 3.16. The van der Waals surface area contributed by atoms with Gasteiger partial charge in [0.1, 0.15) is 18.5 Å². The minimum absolute atomic E-state index is 0.0496. The summed E-state index contributed by atoms with van der Waals surface area (Å²) in [6.07, 6.45) is 1.62. The van der Waals surface area contributed by atoms with Crippen molar-refractivity contribution in [3.63, 3.8) is 0 Å². The highest BCUT2D eigenvalue weighted by Gasteiger charge is 2.23. The van der Waals surface area contributed by atoms with Gasteiger partial charge >= 0.3 is 0 Å². The zero-order chi connectivity index (χ0) is 18.6. The second-order valence-corrected chi connectivity index (χ2v) is 6.45. The van der Waals surface area contributed by atoms with E-state index in [1.54, 1.807) is 18.3 Å². The number of fused-ring (bicyclic) bond motifs is 1. The van der Waals surface area contributed by atoms with Crippen LogP contribution in [0.5, 0.6) is 11.5 Å². The Bertz CT molecular complexity index is 894. The number of hydrogen-bond acceptors (Lipinski definition) is 5. The van der Waals surface area contributed by atoms with Gasteiger partial charge in [-0.25, -0.2) is 9.37 Å². The first-order valence-electron chi connectivity index (χ1n) is 9.02. The number of ether oxygens (including phenoxy) is 2. The molecule has 0 saturated carbocycles. The summed E-state index contributed by atoms with van der Waals surface area (Å²) < 4.78 is 30.7. The van der Waals surface area contributed by atoms with Gasteiger partial charge in [-0.3, -0.25) is 4.90 Å². The van der Waals surface area contributed by atoms with E-state index in [4.69, 9.17) is 13.9 Å². The summed E-state index contributed by atoms with van der Waals surface area (Å²) in [5.41, 5.74) is 0.804. The molecular weight excluding hydrogens is 347 g/mol. The molecule has 2 heterocycles. The first kappa shape index (κ1) is 17.5. The molecule has 4 rings (SSSR count). The number of rotatable bonds is 6. The van der Waals surface area contributed by atoms with Crippen LogP contribution in [0.25, 0.3) is 11.3 Å². The molecule has 0 bridgehead atoms. The topological polar surface area (TPSA) is 47.7 Å². The molecule has 1 aliphatic rings. The van der Waals surface area contributed by atoms with Gasteiger partial charge in [-0.2, -0.15) is 0 Å². The fourth-order valence-corrected chi connectivity index (χ4v) is 3.07. The lowest BCUT2D eigenvalue weighted by Gasteiger charge is -2.30. The van der Waals surface area contributed by atoms with Gasteiger partial charge in [0.25, 0.3) is 0 Å². The maximum Gasteiger partial charge on any atom is 0.209 e. The van der Waals surface area contributed by atoms with E-state index in [9.17, 15) is 4.39 Å². The van der Waals surface area contributed by atoms with Crippen LogP contribution >= 0.6 is 0 Å². The standard InChI is InChI=1S/C21H21FN2O3/c1-2-24(12-17-14-25-18-5-3-4-6-19(18)26-17)13-21-23-11-20(27-21)15-7-9-16(22)10-8-15/h3-11,17H,2,12-14H2,1H3/t17-/m0/s1. The maximum atomic E-state index is 13.1. The van der Waals surface area contributed by atoms with Gasteiger partial charge < -0.3 is 13.9 Å². The van der Waals surface area contributed by atoms with Crippen LogP contribution < -0.4 is 9.47 Å². The Morgan fingerprint density at radius 2 is 1.89 bits per heavy atom. The third-order valence-corrected chi connectivity index (χ3v) is 4.52. The summed E-state index contributed by atoms with van der Waals surface area (Å²) in [6.45, 7) is 4.70. The number of aromatic nitrogens is 1. The molecule has 1 atom stereocenters. The summed E-state index contributed by atoms with van der Waals surface area (Å²) in [7, 11) is 0. The molecule has 5 nitrogen and oxygen atoms in total. The fourth-order valence-electron chi connectivity index (χ4n) is 3.07. The smallest absolute Gasteiger partial charge is 0.209 e. The molecule has 0 unspecified atom stereocenters. The molecular formula is C21H21FN2O3. The number of benzene rings is 2. The van der Waals surface area contributed by atoms with E-state index < -0.39 is 0 Å². The predicted molar refractivity (Wildman–Crippen MR) is 99.2 cm³/mol. The van der Waals surface area contributed by atoms with Crippen LogP contribution in [0.15, 0.2) is 59.1 Å².